The minimum absolute atomic E-state index is 0.0299. The second-order valence-electron chi connectivity index (χ2n) is 5.67. The number of hydrogen-bond donors (Lipinski definition) is 0. The molecule has 1 aromatic carbocycles. The first-order chi connectivity index (χ1) is 10.0. The van der Waals surface area contributed by atoms with Gasteiger partial charge in [0.25, 0.3) is 0 Å². The Morgan fingerprint density at radius 1 is 1.43 bits per heavy atom. The summed E-state index contributed by atoms with van der Waals surface area (Å²) in [4.78, 5) is 16.1. The van der Waals surface area contributed by atoms with Gasteiger partial charge in [-0.15, -0.1) is 11.8 Å². The Balaban J connectivity index is 2.16. The molecule has 5 heteroatoms. The molecule has 0 aliphatic carbocycles. The van der Waals surface area contributed by atoms with Crippen molar-refractivity contribution >= 4 is 17.7 Å². The molecule has 1 aliphatic heterocycles. The molecule has 0 saturated carbocycles. The zero-order valence-electron chi connectivity index (χ0n) is 12.4. The Morgan fingerprint density at radius 2 is 2.19 bits per heavy atom. The summed E-state index contributed by atoms with van der Waals surface area (Å²) in [5.41, 5.74) is 3.06. The number of fused-ring (bicyclic) bond motifs is 1. The lowest BCUT2D eigenvalue weighted by atomic mass is 9.90. The summed E-state index contributed by atoms with van der Waals surface area (Å²) in [7, 11) is 1.40. The van der Waals surface area contributed by atoms with Crippen molar-refractivity contribution in [2.75, 3.05) is 7.11 Å². The highest BCUT2D eigenvalue weighted by molar-refractivity contribution is 8.00. The van der Waals surface area contributed by atoms with E-state index in [-0.39, 0.29) is 16.8 Å². The van der Waals surface area contributed by atoms with Crippen LogP contribution in [0.3, 0.4) is 0 Å². The topological polar surface area (TPSA) is 44.1 Å². The lowest BCUT2D eigenvalue weighted by Crippen LogP contribution is -2.36. The monoisotopic (exact) mass is 302 g/mol. The van der Waals surface area contributed by atoms with E-state index in [1.165, 1.54) is 18.2 Å². The summed E-state index contributed by atoms with van der Waals surface area (Å²) in [6, 6.07) is 8.46. The number of esters is 1. The summed E-state index contributed by atoms with van der Waals surface area (Å²) in [6.45, 7) is 4.42. The van der Waals surface area contributed by atoms with E-state index in [9.17, 15) is 4.79 Å². The smallest absolute Gasteiger partial charge is 0.356 e. The number of methoxy groups -OCH3 is 1. The van der Waals surface area contributed by atoms with Gasteiger partial charge < -0.3 is 9.30 Å². The van der Waals surface area contributed by atoms with Crippen molar-refractivity contribution in [3.05, 3.63) is 53.6 Å². The van der Waals surface area contributed by atoms with Gasteiger partial charge in [-0.05, 0) is 25.0 Å². The standard InChI is InChI=1S/C16H18N2O2S/c1-16(2)14(12-7-5-4-6-11(12)9-21-16)18-10-17-8-13(18)15(19)20-3/h4-8,10,14H,9H2,1-3H3. The molecule has 0 spiro atoms. The lowest BCUT2D eigenvalue weighted by Gasteiger charge is -2.40. The van der Waals surface area contributed by atoms with Gasteiger partial charge >= 0.3 is 5.97 Å². The van der Waals surface area contributed by atoms with Gasteiger partial charge in [0.15, 0.2) is 0 Å². The van der Waals surface area contributed by atoms with E-state index in [0.717, 1.165) is 5.75 Å². The maximum absolute atomic E-state index is 12.0. The molecule has 1 unspecified atom stereocenters. The van der Waals surface area contributed by atoms with Crippen LogP contribution in [0.1, 0.15) is 41.5 Å². The van der Waals surface area contributed by atoms with Crippen molar-refractivity contribution in [1.29, 1.82) is 0 Å². The molecule has 1 aliphatic rings. The summed E-state index contributed by atoms with van der Waals surface area (Å²) in [5.74, 6) is 0.637. The molecule has 4 nitrogen and oxygen atoms in total. The number of benzene rings is 1. The van der Waals surface area contributed by atoms with Crippen LogP contribution in [0.2, 0.25) is 0 Å². The van der Waals surface area contributed by atoms with Crippen LogP contribution in [0.15, 0.2) is 36.8 Å². The van der Waals surface area contributed by atoms with Gasteiger partial charge in [-0.2, -0.15) is 0 Å². The molecule has 1 atom stereocenters. The van der Waals surface area contributed by atoms with Crippen LogP contribution < -0.4 is 0 Å². The summed E-state index contributed by atoms with van der Waals surface area (Å²) < 4.78 is 6.79. The van der Waals surface area contributed by atoms with E-state index in [0.29, 0.717) is 5.69 Å². The highest BCUT2D eigenvalue weighted by Crippen LogP contribution is 2.47. The maximum Gasteiger partial charge on any atom is 0.356 e. The van der Waals surface area contributed by atoms with Crippen LogP contribution in [-0.4, -0.2) is 27.4 Å². The average molecular weight is 302 g/mol. The van der Waals surface area contributed by atoms with E-state index in [1.807, 2.05) is 22.4 Å². The van der Waals surface area contributed by atoms with Crippen LogP contribution in [0, 0.1) is 0 Å². The van der Waals surface area contributed by atoms with E-state index < -0.39 is 0 Å². The zero-order valence-corrected chi connectivity index (χ0v) is 13.2. The van der Waals surface area contributed by atoms with Crippen LogP contribution in [-0.2, 0) is 10.5 Å². The van der Waals surface area contributed by atoms with Crippen LogP contribution in [0.4, 0.5) is 0 Å². The molecule has 110 valence electrons. The normalized spacial score (nSPS) is 19.9. The lowest BCUT2D eigenvalue weighted by molar-refractivity contribution is 0.0586. The van der Waals surface area contributed by atoms with E-state index in [2.05, 4.69) is 37.0 Å². The van der Waals surface area contributed by atoms with Gasteiger partial charge in [-0.3, -0.25) is 0 Å². The Hall–Kier alpha value is -1.75. The number of nitrogens with zero attached hydrogens (tertiary/aromatic N) is 2. The first-order valence-corrected chi connectivity index (χ1v) is 7.85. The Bertz CT molecular complexity index is 678. The number of imidazole rings is 1. The Morgan fingerprint density at radius 3 is 2.95 bits per heavy atom. The second kappa shape index (κ2) is 5.22. The van der Waals surface area contributed by atoms with Crippen LogP contribution in [0.5, 0.6) is 0 Å². The second-order valence-corrected chi connectivity index (χ2v) is 7.30. The minimum atomic E-state index is -0.351. The molecule has 0 fully saturated rings. The minimum Gasteiger partial charge on any atom is -0.464 e. The fraction of sp³-hybridized carbons (Fsp3) is 0.375. The molecular weight excluding hydrogens is 284 g/mol. The summed E-state index contributed by atoms with van der Waals surface area (Å²) >= 11 is 1.90. The molecule has 1 aromatic heterocycles. The number of hydrogen-bond acceptors (Lipinski definition) is 4. The average Bonchev–Trinajstić information content (AvgIpc) is 2.94. The largest absolute Gasteiger partial charge is 0.464 e. The van der Waals surface area contributed by atoms with E-state index in [4.69, 9.17) is 4.74 Å². The Labute approximate surface area is 128 Å². The Kier molecular flexibility index (Phi) is 3.53. The first-order valence-electron chi connectivity index (χ1n) is 6.86. The molecule has 2 aromatic rings. The molecule has 2 heterocycles. The summed E-state index contributed by atoms with van der Waals surface area (Å²) in [6.07, 6.45) is 3.30. The molecule has 0 radical (unpaired) electrons. The molecule has 0 N–H and O–H groups in total. The number of carbonyl (C=O) groups excluding carboxylic acids is 1. The number of aromatic nitrogens is 2. The fourth-order valence-electron chi connectivity index (χ4n) is 2.91. The molecule has 0 saturated heterocycles. The molecule has 3 rings (SSSR count). The van der Waals surface area contributed by atoms with Crippen molar-refractivity contribution < 1.29 is 9.53 Å². The highest BCUT2D eigenvalue weighted by Gasteiger charge is 2.39. The number of carbonyl (C=O) groups is 1. The van der Waals surface area contributed by atoms with Crippen molar-refractivity contribution in [1.82, 2.24) is 9.55 Å². The van der Waals surface area contributed by atoms with Crippen molar-refractivity contribution in [2.24, 2.45) is 0 Å². The molecule has 0 bridgehead atoms. The number of rotatable bonds is 2. The third-order valence-corrected chi connectivity index (χ3v) is 5.37. The van der Waals surface area contributed by atoms with E-state index in [1.54, 1.807) is 12.5 Å². The van der Waals surface area contributed by atoms with Gasteiger partial charge in [0.1, 0.15) is 5.69 Å². The third kappa shape index (κ3) is 2.35. The van der Waals surface area contributed by atoms with Gasteiger partial charge in [0.2, 0.25) is 0 Å². The maximum atomic E-state index is 12.0. The predicted molar refractivity (Wildman–Crippen MR) is 83.5 cm³/mol. The van der Waals surface area contributed by atoms with Crippen LogP contribution in [0.25, 0.3) is 0 Å². The van der Waals surface area contributed by atoms with Crippen LogP contribution >= 0.6 is 11.8 Å². The number of ether oxygens (including phenoxy) is 1. The quantitative estimate of drug-likeness (QED) is 0.799. The SMILES string of the molecule is COC(=O)c1cncn1C1c2ccccc2CSC1(C)C. The highest BCUT2D eigenvalue weighted by atomic mass is 32.2. The zero-order chi connectivity index (χ0) is 15.0. The fourth-order valence-corrected chi connectivity index (χ4v) is 4.10. The first kappa shape index (κ1) is 14.2. The van der Waals surface area contributed by atoms with E-state index >= 15 is 0 Å². The predicted octanol–water partition coefficient (Wildman–Crippen LogP) is 3.28. The molecule has 0 amide bonds. The van der Waals surface area contributed by atoms with Gasteiger partial charge in [-0.25, -0.2) is 9.78 Å². The van der Waals surface area contributed by atoms with Gasteiger partial charge in [0, 0.05) is 10.5 Å². The molecular formula is C16H18N2O2S. The van der Waals surface area contributed by atoms with Crippen molar-refractivity contribution in [3.8, 4) is 0 Å². The summed E-state index contributed by atoms with van der Waals surface area (Å²) in [5, 5.41) is 0. The van der Waals surface area contributed by atoms with Crippen molar-refractivity contribution in [2.45, 2.75) is 30.4 Å². The van der Waals surface area contributed by atoms with Gasteiger partial charge in [-0.1, -0.05) is 24.3 Å². The number of thioether (sulfide) groups is 1. The van der Waals surface area contributed by atoms with Crippen molar-refractivity contribution in [3.63, 3.8) is 0 Å². The van der Waals surface area contributed by atoms with Gasteiger partial charge in [0.05, 0.1) is 25.7 Å². The molecule has 21 heavy (non-hydrogen) atoms. The third-order valence-electron chi connectivity index (χ3n) is 3.95.